The summed E-state index contributed by atoms with van der Waals surface area (Å²) < 4.78 is 5.58. The van der Waals surface area contributed by atoms with Crippen LogP contribution >= 0.6 is 22.9 Å². The number of aromatic nitrogens is 2. The van der Waals surface area contributed by atoms with Gasteiger partial charge in [-0.2, -0.15) is 0 Å². The highest BCUT2D eigenvalue weighted by Gasteiger charge is 2.19. The van der Waals surface area contributed by atoms with Crippen molar-refractivity contribution in [1.29, 1.82) is 0 Å². The fraction of sp³-hybridized carbons (Fsp3) is 0. The summed E-state index contributed by atoms with van der Waals surface area (Å²) in [4.78, 5) is 12.4. The molecule has 124 valence electrons. The summed E-state index contributed by atoms with van der Waals surface area (Å²) in [6, 6.07) is 11.0. The Morgan fingerprint density at radius 2 is 2.12 bits per heavy atom. The molecule has 0 saturated carbocycles. The molecule has 6 nitrogen and oxygen atoms in total. The van der Waals surface area contributed by atoms with Gasteiger partial charge in [-0.05, 0) is 29.8 Å². The first kappa shape index (κ1) is 15.6. The molecule has 3 aromatic heterocycles. The quantitative estimate of drug-likeness (QED) is 0.522. The molecule has 4 rings (SSSR count). The van der Waals surface area contributed by atoms with Crippen LogP contribution in [0.3, 0.4) is 0 Å². The summed E-state index contributed by atoms with van der Waals surface area (Å²) >= 11 is 7.40. The molecule has 0 amide bonds. The van der Waals surface area contributed by atoms with Crippen molar-refractivity contribution in [3.05, 3.63) is 59.6 Å². The number of rotatable bonds is 4. The van der Waals surface area contributed by atoms with Crippen LogP contribution in [0.4, 0.5) is 11.5 Å². The molecule has 0 saturated heterocycles. The molecule has 0 aliphatic carbocycles. The number of hydrogen-bond acceptors (Lipinski definition) is 6. The molecule has 1 aromatic carbocycles. The Balaban J connectivity index is 1.90. The van der Waals surface area contributed by atoms with E-state index in [9.17, 15) is 9.90 Å². The number of furan rings is 1. The maximum Gasteiger partial charge on any atom is 0.357 e. The highest BCUT2D eigenvalue weighted by atomic mass is 35.5. The van der Waals surface area contributed by atoms with Gasteiger partial charge in [0.2, 0.25) is 0 Å². The van der Waals surface area contributed by atoms with Gasteiger partial charge in [0.1, 0.15) is 6.26 Å². The van der Waals surface area contributed by atoms with E-state index in [0.29, 0.717) is 26.6 Å². The Bertz CT molecular complexity index is 1080. The van der Waals surface area contributed by atoms with Gasteiger partial charge in [0.15, 0.2) is 11.5 Å². The van der Waals surface area contributed by atoms with Gasteiger partial charge in [-0.15, -0.1) is 21.5 Å². The molecule has 0 spiro atoms. The molecule has 3 heterocycles. The monoisotopic (exact) mass is 371 g/mol. The van der Waals surface area contributed by atoms with E-state index in [-0.39, 0.29) is 5.69 Å². The van der Waals surface area contributed by atoms with Gasteiger partial charge >= 0.3 is 5.97 Å². The second kappa shape index (κ2) is 6.19. The fourth-order valence-electron chi connectivity index (χ4n) is 2.43. The number of thiophene rings is 1. The van der Waals surface area contributed by atoms with Crippen LogP contribution in [0.15, 0.2) is 53.3 Å². The lowest BCUT2D eigenvalue weighted by Gasteiger charge is -2.04. The zero-order valence-corrected chi connectivity index (χ0v) is 14.1. The first-order valence-corrected chi connectivity index (χ1v) is 8.40. The number of carboxylic acid groups (broad SMARTS) is 1. The standard InChI is InChI=1S/C17H10ClN3O3S/c18-10-3-1-2-9(6-10)13-7-12-15(25-13)14(17(22)23)20-21-16(12)19-11-4-5-24-8-11/h1-8H,(H,19,21)(H,22,23). The lowest BCUT2D eigenvalue weighted by Crippen LogP contribution is -2.04. The number of anilines is 2. The van der Waals surface area contributed by atoms with E-state index >= 15 is 0 Å². The van der Waals surface area contributed by atoms with Crippen molar-refractivity contribution in [2.24, 2.45) is 0 Å². The molecule has 2 N–H and O–H groups in total. The first-order chi connectivity index (χ1) is 12.1. The Labute approximate surface area is 150 Å². The van der Waals surface area contributed by atoms with Gasteiger partial charge in [0, 0.05) is 15.3 Å². The van der Waals surface area contributed by atoms with E-state index in [0.717, 1.165) is 10.4 Å². The van der Waals surface area contributed by atoms with E-state index in [1.54, 1.807) is 12.1 Å². The topological polar surface area (TPSA) is 88.2 Å². The molecule has 25 heavy (non-hydrogen) atoms. The predicted molar refractivity (Wildman–Crippen MR) is 96.8 cm³/mol. The molecular formula is C17H10ClN3O3S. The van der Waals surface area contributed by atoms with Gasteiger partial charge in [0.25, 0.3) is 0 Å². The minimum Gasteiger partial charge on any atom is -0.476 e. The van der Waals surface area contributed by atoms with Crippen LogP contribution in [0.25, 0.3) is 20.5 Å². The van der Waals surface area contributed by atoms with Crippen LogP contribution in [0.1, 0.15) is 10.5 Å². The van der Waals surface area contributed by atoms with Crippen molar-refractivity contribution in [3.63, 3.8) is 0 Å². The minimum atomic E-state index is -1.12. The zero-order chi connectivity index (χ0) is 17.4. The zero-order valence-electron chi connectivity index (χ0n) is 12.6. The number of carbonyl (C=O) groups is 1. The Kier molecular flexibility index (Phi) is 3.87. The van der Waals surface area contributed by atoms with Crippen LogP contribution in [0, 0.1) is 0 Å². The molecular weight excluding hydrogens is 362 g/mol. The lowest BCUT2D eigenvalue weighted by molar-refractivity contribution is 0.0692. The Morgan fingerprint density at radius 1 is 1.24 bits per heavy atom. The van der Waals surface area contributed by atoms with E-state index in [4.69, 9.17) is 16.0 Å². The van der Waals surface area contributed by atoms with Crippen molar-refractivity contribution < 1.29 is 14.3 Å². The number of halogens is 1. The number of fused-ring (bicyclic) bond motifs is 1. The third-order valence-corrected chi connectivity index (χ3v) is 4.97. The van der Waals surface area contributed by atoms with E-state index < -0.39 is 5.97 Å². The Morgan fingerprint density at radius 3 is 2.84 bits per heavy atom. The molecule has 0 aliphatic heterocycles. The maximum atomic E-state index is 11.5. The second-order valence-corrected chi connectivity index (χ2v) is 6.69. The van der Waals surface area contributed by atoms with Crippen molar-refractivity contribution in [2.75, 3.05) is 5.32 Å². The highest BCUT2D eigenvalue weighted by molar-refractivity contribution is 7.22. The number of carboxylic acids is 1. The molecule has 4 aromatic rings. The van der Waals surface area contributed by atoms with Crippen LogP contribution in [0.2, 0.25) is 5.02 Å². The van der Waals surface area contributed by atoms with Gasteiger partial charge in [-0.25, -0.2) is 4.79 Å². The third kappa shape index (κ3) is 2.95. The van der Waals surface area contributed by atoms with Crippen LogP contribution in [-0.4, -0.2) is 21.3 Å². The summed E-state index contributed by atoms with van der Waals surface area (Å²) in [6.07, 6.45) is 3.06. The van der Waals surface area contributed by atoms with Crippen molar-refractivity contribution in [2.45, 2.75) is 0 Å². The maximum absolute atomic E-state index is 11.5. The van der Waals surface area contributed by atoms with E-state index in [1.807, 2.05) is 24.3 Å². The molecule has 0 aliphatic rings. The average molecular weight is 372 g/mol. The molecule has 0 atom stereocenters. The summed E-state index contributed by atoms with van der Waals surface area (Å²) in [5.41, 5.74) is 1.53. The molecule has 0 fully saturated rings. The van der Waals surface area contributed by atoms with E-state index in [1.165, 1.54) is 23.9 Å². The SMILES string of the molecule is O=C(O)c1nnc(Nc2ccoc2)c2cc(-c3cccc(Cl)c3)sc12. The smallest absolute Gasteiger partial charge is 0.357 e. The average Bonchev–Trinajstić information content (AvgIpc) is 3.24. The number of benzene rings is 1. The van der Waals surface area contributed by atoms with E-state index in [2.05, 4.69) is 15.5 Å². The lowest BCUT2D eigenvalue weighted by atomic mass is 10.1. The van der Waals surface area contributed by atoms with Crippen molar-refractivity contribution >= 4 is 50.5 Å². The fourth-order valence-corrected chi connectivity index (χ4v) is 3.75. The molecule has 0 bridgehead atoms. The second-order valence-electron chi connectivity index (χ2n) is 5.20. The predicted octanol–water partition coefficient (Wildman–Crippen LogP) is 5.05. The highest BCUT2D eigenvalue weighted by Crippen LogP contribution is 2.38. The third-order valence-electron chi connectivity index (χ3n) is 3.55. The minimum absolute atomic E-state index is 0.0778. The summed E-state index contributed by atoms with van der Waals surface area (Å²) in [7, 11) is 0. The normalized spacial score (nSPS) is 10.9. The molecule has 8 heteroatoms. The van der Waals surface area contributed by atoms with Gasteiger partial charge in [-0.1, -0.05) is 23.7 Å². The van der Waals surface area contributed by atoms with Gasteiger partial charge in [-0.3, -0.25) is 0 Å². The number of nitrogens with one attached hydrogen (secondary N) is 1. The number of hydrogen-bond donors (Lipinski definition) is 2. The first-order valence-electron chi connectivity index (χ1n) is 7.20. The van der Waals surface area contributed by atoms with Crippen LogP contribution in [-0.2, 0) is 0 Å². The van der Waals surface area contributed by atoms with Crippen molar-refractivity contribution in [3.8, 4) is 10.4 Å². The largest absolute Gasteiger partial charge is 0.476 e. The Hall–Kier alpha value is -2.90. The van der Waals surface area contributed by atoms with Crippen LogP contribution in [0.5, 0.6) is 0 Å². The summed E-state index contributed by atoms with van der Waals surface area (Å²) in [5.74, 6) is -0.655. The molecule has 0 unspecified atom stereocenters. The summed E-state index contributed by atoms with van der Waals surface area (Å²) in [6.45, 7) is 0. The van der Waals surface area contributed by atoms with Gasteiger partial charge < -0.3 is 14.8 Å². The molecule has 0 radical (unpaired) electrons. The summed E-state index contributed by atoms with van der Waals surface area (Å²) in [5, 5.41) is 21.7. The van der Waals surface area contributed by atoms with Crippen LogP contribution < -0.4 is 5.32 Å². The number of nitrogens with zero attached hydrogens (tertiary/aromatic N) is 2. The number of aromatic carboxylic acids is 1. The van der Waals surface area contributed by atoms with Gasteiger partial charge in [0.05, 0.1) is 16.7 Å². The van der Waals surface area contributed by atoms with Crippen molar-refractivity contribution in [1.82, 2.24) is 10.2 Å².